The topological polar surface area (TPSA) is 49.8 Å². The predicted octanol–water partition coefficient (Wildman–Crippen LogP) is 3.14. The molecule has 1 heterocycles. The minimum atomic E-state index is -0.668. The van der Waals surface area contributed by atoms with Gasteiger partial charge in [0.15, 0.2) is 0 Å². The van der Waals surface area contributed by atoms with E-state index in [1.54, 1.807) is 7.11 Å². The molecule has 1 aliphatic rings. The van der Waals surface area contributed by atoms with Crippen LogP contribution >= 0.6 is 15.9 Å². The third-order valence-corrected chi connectivity index (χ3v) is 4.81. The average Bonchev–Trinajstić information content (AvgIpc) is 2.84. The zero-order valence-corrected chi connectivity index (χ0v) is 13.4. The van der Waals surface area contributed by atoms with Gasteiger partial charge >= 0.3 is 5.97 Å². The largest absolute Gasteiger partial charge is 0.496 e. The van der Waals surface area contributed by atoms with Gasteiger partial charge < -0.3 is 9.84 Å². The number of hydrogen-bond donors (Lipinski definition) is 1. The summed E-state index contributed by atoms with van der Waals surface area (Å²) in [5.41, 5.74) is 0.596. The Morgan fingerprint density at radius 2 is 2.30 bits per heavy atom. The molecule has 5 heteroatoms. The maximum atomic E-state index is 11.4. The highest BCUT2D eigenvalue weighted by atomic mass is 79.9. The van der Waals surface area contributed by atoms with Crippen molar-refractivity contribution < 1.29 is 14.6 Å². The average molecular weight is 342 g/mol. The maximum absolute atomic E-state index is 11.4. The molecule has 1 fully saturated rings. The molecule has 0 bridgehead atoms. The number of rotatable bonds is 5. The number of nitrogens with zero attached hydrogens (tertiary/aromatic N) is 1. The van der Waals surface area contributed by atoms with Gasteiger partial charge in [-0.05, 0) is 53.0 Å². The summed E-state index contributed by atoms with van der Waals surface area (Å²) in [4.78, 5) is 13.7. The molecule has 0 aromatic heterocycles. The lowest BCUT2D eigenvalue weighted by Gasteiger charge is -2.23. The SMILES string of the molecule is CCC1(C(=O)O)CCN(Cc2ccc(OC)c(Br)c2)C1. The van der Waals surface area contributed by atoms with Crippen LogP contribution in [0.2, 0.25) is 0 Å². The summed E-state index contributed by atoms with van der Waals surface area (Å²) in [6, 6.07) is 5.99. The van der Waals surface area contributed by atoms with Crippen molar-refractivity contribution in [3.05, 3.63) is 28.2 Å². The van der Waals surface area contributed by atoms with Gasteiger partial charge in [-0.25, -0.2) is 0 Å². The number of aliphatic carboxylic acids is 1. The summed E-state index contributed by atoms with van der Waals surface area (Å²) in [5.74, 6) is 0.141. The van der Waals surface area contributed by atoms with Crippen LogP contribution in [-0.4, -0.2) is 36.2 Å². The van der Waals surface area contributed by atoms with E-state index in [2.05, 4.69) is 20.8 Å². The molecule has 1 saturated heterocycles. The molecule has 0 aliphatic carbocycles. The normalized spacial score (nSPS) is 22.9. The van der Waals surface area contributed by atoms with E-state index in [0.29, 0.717) is 13.0 Å². The fourth-order valence-electron chi connectivity index (χ4n) is 2.77. The van der Waals surface area contributed by atoms with Gasteiger partial charge in [-0.2, -0.15) is 0 Å². The quantitative estimate of drug-likeness (QED) is 0.893. The monoisotopic (exact) mass is 341 g/mol. The molecule has 0 radical (unpaired) electrons. The molecule has 2 rings (SSSR count). The third-order valence-electron chi connectivity index (χ3n) is 4.19. The standard InChI is InChI=1S/C15H20BrNO3/c1-3-15(14(18)19)6-7-17(10-15)9-11-4-5-13(20-2)12(16)8-11/h4-5,8H,3,6-7,9-10H2,1-2H3,(H,18,19). The number of ether oxygens (including phenoxy) is 1. The molecule has 1 N–H and O–H groups in total. The van der Waals surface area contributed by atoms with Gasteiger partial charge in [0.25, 0.3) is 0 Å². The zero-order chi connectivity index (χ0) is 14.8. The second-order valence-corrected chi connectivity index (χ2v) is 6.22. The van der Waals surface area contributed by atoms with Crippen LogP contribution in [0.5, 0.6) is 5.75 Å². The smallest absolute Gasteiger partial charge is 0.310 e. The van der Waals surface area contributed by atoms with Crippen molar-refractivity contribution in [1.29, 1.82) is 0 Å². The van der Waals surface area contributed by atoms with Gasteiger partial charge in [0.2, 0.25) is 0 Å². The summed E-state index contributed by atoms with van der Waals surface area (Å²) >= 11 is 3.48. The van der Waals surface area contributed by atoms with E-state index >= 15 is 0 Å². The maximum Gasteiger partial charge on any atom is 0.310 e. The molecule has 1 unspecified atom stereocenters. The second kappa shape index (κ2) is 6.14. The van der Waals surface area contributed by atoms with Crippen molar-refractivity contribution in [3.63, 3.8) is 0 Å². The molecule has 1 atom stereocenters. The number of methoxy groups -OCH3 is 1. The first-order valence-electron chi connectivity index (χ1n) is 6.79. The molecule has 1 aromatic carbocycles. The summed E-state index contributed by atoms with van der Waals surface area (Å²) in [6.45, 7) is 4.20. The van der Waals surface area contributed by atoms with E-state index in [1.807, 2.05) is 25.1 Å². The van der Waals surface area contributed by atoms with Crippen LogP contribution < -0.4 is 4.74 Å². The first kappa shape index (κ1) is 15.3. The molecule has 4 nitrogen and oxygen atoms in total. The highest BCUT2D eigenvalue weighted by Crippen LogP contribution is 2.35. The zero-order valence-electron chi connectivity index (χ0n) is 11.9. The van der Waals surface area contributed by atoms with Crippen molar-refractivity contribution in [2.24, 2.45) is 5.41 Å². The molecule has 110 valence electrons. The third kappa shape index (κ3) is 2.99. The predicted molar refractivity (Wildman–Crippen MR) is 80.9 cm³/mol. The van der Waals surface area contributed by atoms with Crippen LogP contribution in [0.25, 0.3) is 0 Å². The van der Waals surface area contributed by atoms with Crippen LogP contribution in [0.15, 0.2) is 22.7 Å². The fourth-order valence-corrected chi connectivity index (χ4v) is 3.36. The van der Waals surface area contributed by atoms with E-state index in [1.165, 1.54) is 0 Å². The first-order valence-corrected chi connectivity index (χ1v) is 7.58. The van der Waals surface area contributed by atoms with Crippen LogP contribution in [-0.2, 0) is 11.3 Å². The molecule has 20 heavy (non-hydrogen) atoms. The molecular weight excluding hydrogens is 322 g/mol. The highest BCUT2D eigenvalue weighted by Gasteiger charge is 2.42. The van der Waals surface area contributed by atoms with Gasteiger partial charge in [-0.3, -0.25) is 9.69 Å². The second-order valence-electron chi connectivity index (χ2n) is 5.37. The summed E-state index contributed by atoms with van der Waals surface area (Å²) in [6.07, 6.45) is 1.42. The van der Waals surface area contributed by atoms with Gasteiger partial charge in [-0.1, -0.05) is 13.0 Å². The van der Waals surface area contributed by atoms with E-state index < -0.39 is 11.4 Å². The van der Waals surface area contributed by atoms with Crippen molar-refractivity contribution in [1.82, 2.24) is 4.90 Å². The van der Waals surface area contributed by atoms with Crippen molar-refractivity contribution >= 4 is 21.9 Å². The van der Waals surface area contributed by atoms with Gasteiger partial charge in [-0.15, -0.1) is 0 Å². The summed E-state index contributed by atoms with van der Waals surface area (Å²) in [5, 5.41) is 9.41. The molecule has 0 spiro atoms. The Morgan fingerprint density at radius 3 is 2.80 bits per heavy atom. The minimum Gasteiger partial charge on any atom is -0.496 e. The summed E-state index contributed by atoms with van der Waals surface area (Å²) in [7, 11) is 1.64. The Balaban J connectivity index is 2.05. The Bertz CT molecular complexity index is 506. The van der Waals surface area contributed by atoms with E-state index in [-0.39, 0.29) is 0 Å². The molecule has 0 saturated carbocycles. The Kier molecular flexibility index (Phi) is 4.70. The van der Waals surface area contributed by atoms with E-state index in [9.17, 15) is 9.90 Å². The Morgan fingerprint density at radius 1 is 1.55 bits per heavy atom. The lowest BCUT2D eigenvalue weighted by Crippen LogP contribution is -2.33. The van der Waals surface area contributed by atoms with Crippen molar-refractivity contribution in [3.8, 4) is 5.75 Å². The van der Waals surface area contributed by atoms with Crippen LogP contribution in [0, 0.1) is 5.41 Å². The molecular formula is C15H20BrNO3. The molecule has 1 aliphatic heterocycles. The van der Waals surface area contributed by atoms with Gasteiger partial charge in [0.05, 0.1) is 17.0 Å². The van der Waals surface area contributed by atoms with Gasteiger partial charge in [0, 0.05) is 13.1 Å². The number of likely N-dealkylation sites (tertiary alicyclic amines) is 1. The van der Waals surface area contributed by atoms with Crippen LogP contribution in [0.1, 0.15) is 25.3 Å². The Labute approximate surface area is 127 Å². The lowest BCUT2D eigenvalue weighted by atomic mass is 9.84. The first-order chi connectivity index (χ1) is 9.50. The number of hydrogen-bond acceptors (Lipinski definition) is 3. The highest BCUT2D eigenvalue weighted by molar-refractivity contribution is 9.10. The lowest BCUT2D eigenvalue weighted by molar-refractivity contribution is -0.148. The molecule has 0 amide bonds. The van der Waals surface area contributed by atoms with Crippen LogP contribution in [0.3, 0.4) is 0 Å². The number of halogens is 1. The van der Waals surface area contributed by atoms with Crippen molar-refractivity contribution in [2.75, 3.05) is 20.2 Å². The summed E-state index contributed by atoms with van der Waals surface area (Å²) < 4.78 is 6.14. The van der Waals surface area contributed by atoms with E-state index in [0.717, 1.165) is 35.3 Å². The van der Waals surface area contributed by atoms with E-state index in [4.69, 9.17) is 4.74 Å². The van der Waals surface area contributed by atoms with Crippen molar-refractivity contribution in [2.45, 2.75) is 26.3 Å². The number of carbonyl (C=O) groups is 1. The number of carboxylic acids is 1. The van der Waals surface area contributed by atoms with Gasteiger partial charge in [0.1, 0.15) is 5.75 Å². The number of carboxylic acid groups (broad SMARTS) is 1. The molecule has 1 aromatic rings. The van der Waals surface area contributed by atoms with Crippen LogP contribution in [0.4, 0.5) is 0 Å². The fraction of sp³-hybridized carbons (Fsp3) is 0.533. The number of benzene rings is 1. The Hall–Kier alpha value is -1.07. The minimum absolute atomic E-state index is 0.566.